The van der Waals surface area contributed by atoms with Gasteiger partial charge < -0.3 is 4.42 Å². The van der Waals surface area contributed by atoms with E-state index >= 15 is 0 Å². The van der Waals surface area contributed by atoms with Gasteiger partial charge in [-0.15, -0.1) is 0 Å². The molecule has 0 atom stereocenters. The number of benzene rings is 1. The van der Waals surface area contributed by atoms with Crippen molar-refractivity contribution < 1.29 is 9.21 Å². The van der Waals surface area contributed by atoms with E-state index < -0.39 is 0 Å². The maximum Gasteiger partial charge on any atom is 0.211 e. The number of piperidine rings is 1. The predicted octanol–water partition coefficient (Wildman–Crippen LogP) is 3.74. The lowest BCUT2D eigenvalue weighted by molar-refractivity contribution is 0.0822. The zero-order chi connectivity index (χ0) is 14.2. The summed E-state index contributed by atoms with van der Waals surface area (Å²) in [4.78, 5) is 14.5. The molecule has 1 fully saturated rings. The number of furan rings is 1. The van der Waals surface area contributed by atoms with Crippen LogP contribution in [-0.2, 0) is 0 Å². The van der Waals surface area contributed by atoms with Gasteiger partial charge in [0.2, 0.25) is 5.78 Å². The van der Waals surface area contributed by atoms with Crippen LogP contribution in [0.5, 0.6) is 0 Å². The van der Waals surface area contributed by atoms with Gasteiger partial charge in [0.05, 0.1) is 6.54 Å². The Labute approximate surface area is 119 Å². The summed E-state index contributed by atoms with van der Waals surface area (Å²) in [6.07, 6.45) is 2.31. The van der Waals surface area contributed by atoms with E-state index in [-0.39, 0.29) is 5.78 Å². The molecule has 1 aromatic heterocycles. The summed E-state index contributed by atoms with van der Waals surface area (Å²) in [5.41, 5.74) is 1.20. The molecule has 1 aliphatic rings. The topological polar surface area (TPSA) is 33.5 Å². The summed E-state index contributed by atoms with van der Waals surface area (Å²) < 4.78 is 5.64. The van der Waals surface area contributed by atoms with Crippen LogP contribution in [0.2, 0.25) is 0 Å². The lowest BCUT2D eigenvalue weighted by Crippen LogP contribution is -2.40. The molecule has 0 amide bonds. The molecular weight excluding hydrogens is 250 g/mol. The number of carbonyl (C=O) groups is 1. The van der Waals surface area contributed by atoms with Crippen LogP contribution in [0.25, 0.3) is 11.0 Å². The van der Waals surface area contributed by atoms with Crippen molar-refractivity contribution in [1.29, 1.82) is 0 Å². The van der Waals surface area contributed by atoms with Crippen LogP contribution in [0.1, 0.15) is 37.2 Å². The molecule has 3 heteroatoms. The molecule has 3 rings (SSSR count). The Morgan fingerprint density at radius 1 is 1.25 bits per heavy atom. The third-order valence-electron chi connectivity index (χ3n) is 4.28. The quantitative estimate of drug-likeness (QED) is 0.797. The molecule has 106 valence electrons. The summed E-state index contributed by atoms with van der Waals surface area (Å²) in [7, 11) is 0. The SMILES string of the molecule is CC1(C)CCN(CC(=O)c2cc3ccccc3o2)CC1. The van der Waals surface area contributed by atoms with Gasteiger partial charge in [0.25, 0.3) is 0 Å². The molecule has 2 heterocycles. The molecule has 1 saturated heterocycles. The Hall–Kier alpha value is -1.61. The van der Waals surface area contributed by atoms with E-state index in [4.69, 9.17) is 4.42 Å². The number of carbonyl (C=O) groups excluding carboxylic acids is 1. The van der Waals surface area contributed by atoms with Crippen LogP contribution in [0.15, 0.2) is 34.7 Å². The third-order valence-corrected chi connectivity index (χ3v) is 4.28. The van der Waals surface area contributed by atoms with Gasteiger partial charge in [0.15, 0.2) is 5.76 Å². The number of nitrogens with zero attached hydrogens (tertiary/aromatic N) is 1. The van der Waals surface area contributed by atoms with Crippen molar-refractivity contribution in [2.45, 2.75) is 26.7 Å². The van der Waals surface area contributed by atoms with E-state index in [0.29, 0.717) is 17.7 Å². The van der Waals surface area contributed by atoms with E-state index in [9.17, 15) is 4.79 Å². The fourth-order valence-corrected chi connectivity index (χ4v) is 2.72. The molecule has 0 N–H and O–H groups in total. The average Bonchev–Trinajstić information content (AvgIpc) is 2.85. The van der Waals surface area contributed by atoms with Gasteiger partial charge in [-0.05, 0) is 43.5 Å². The van der Waals surface area contributed by atoms with E-state index in [1.54, 1.807) is 0 Å². The predicted molar refractivity (Wildman–Crippen MR) is 80.0 cm³/mol. The average molecular weight is 271 g/mol. The minimum Gasteiger partial charge on any atom is -0.453 e. The Morgan fingerprint density at radius 2 is 1.95 bits per heavy atom. The Morgan fingerprint density at radius 3 is 2.65 bits per heavy atom. The maximum absolute atomic E-state index is 12.3. The van der Waals surface area contributed by atoms with Gasteiger partial charge >= 0.3 is 0 Å². The zero-order valence-corrected chi connectivity index (χ0v) is 12.2. The number of ketones is 1. The fraction of sp³-hybridized carbons (Fsp3) is 0.471. The smallest absolute Gasteiger partial charge is 0.211 e. The molecule has 2 aromatic rings. The first-order valence-electron chi connectivity index (χ1n) is 7.28. The highest BCUT2D eigenvalue weighted by Crippen LogP contribution is 2.29. The number of hydrogen-bond acceptors (Lipinski definition) is 3. The van der Waals surface area contributed by atoms with E-state index in [0.717, 1.165) is 36.9 Å². The van der Waals surface area contributed by atoms with Crippen LogP contribution >= 0.6 is 0 Å². The number of Topliss-reactive ketones (excluding diaryl/α,β-unsaturated/α-hetero) is 1. The Balaban J connectivity index is 1.67. The van der Waals surface area contributed by atoms with Crippen LogP contribution in [-0.4, -0.2) is 30.3 Å². The molecule has 0 unspecified atom stereocenters. The highest BCUT2D eigenvalue weighted by atomic mass is 16.3. The second-order valence-corrected chi connectivity index (χ2v) is 6.51. The molecule has 0 saturated carbocycles. The number of hydrogen-bond donors (Lipinski definition) is 0. The van der Waals surface area contributed by atoms with E-state index in [1.165, 1.54) is 0 Å². The van der Waals surface area contributed by atoms with Crippen molar-refractivity contribution in [3.63, 3.8) is 0 Å². The molecule has 1 aliphatic heterocycles. The Bertz CT molecular complexity index is 584. The van der Waals surface area contributed by atoms with Gasteiger partial charge in [-0.1, -0.05) is 32.0 Å². The molecule has 1 aromatic carbocycles. The molecule has 20 heavy (non-hydrogen) atoms. The van der Waals surface area contributed by atoms with Crippen LogP contribution < -0.4 is 0 Å². The van der Waals surface area contributed by atoms with Crippen molar-refractivity contribution in [3.8, 4) is 0 Å². The molecule has 0 bridgehead atoms. The standard InChI is InChI=1S/C17H21NO2/c1-17(2)7-9-18(10-8-17)12-14(19)16-11-13-5-3-4-6-15(13)20-16/h3-6,11H,7-10,12H2,1-2H3. The lowest BCUT2D eigenvalue weighted by Gasteiger charge is -2.36. The normalized spacial score (nSPS) is 19.3. The molecule has 0 aliphatic carbocycles. The van der Waals surface area contributed by atoms with Crippen LogP contribution in [0.4, 0.5) is 0 Å². The summed E-state index contributed by atoms with van der Waals surface area (Å²) in [5, 5.41) is 0.996. The van der Waals surface area contributed by atoms with E-state index in [1.807, 2.05) is 30.3 Å². The molecule has 0 radical (unpaired) electrons. The molecule has 0 spiro atoms. The summed E-state index contributed by atoms with van der Waals surface area (Å²) in [6, 6.07) is 9.60. The first kappa shape index (κ1) is 13.4. The van der Waals surface area contributed by atoms with Gasteiger partial charge in [-0.2, -0.15) is 0 Å². The second kappa shape index (κ2) is 5.06. The largest absolute Gasteiger partial charge is 0.453 e. The third kappa shape index (κ3) is 2.78. The van der Waals surface area contributed by atoms with Crippen molar-refractivity contribution in [3.05, 3.63) is 36.1 Å². The van der Waals surface area contributed by atoms with Crippen LogP contribution in [0.3, 0.4) is 0 Å². The van der Waals surface area contributed by atoms with Crippen molar-refractivity contribution in [2.75, 3.05) is 19.6 Å². The van der Waals surface area contributed by atoms with Gasteiger partial charge in [-0.3, -0.25) is 9.69 Å². The minimum absolute atomic E-state index is 0.0842. The van der Waals surface area contributed by atoms with Crippen molar-refractivity contribution >= 4 is 16.8 Å². The van der Waals surface area contributed by atoms with Gasteiger partial charge in [-0.25, -0.2) is 0 Å². The lowest BCUT2D eigenvalue weighted by atomic mass is 9.82. The zero-order valence-electron chi connectivity index (χ0n) is 12.2. The number of rotatable bonds is 3. The number of likely N-dealkylation sites (tertiary alicyclic amines) is 1. The summed E-state index contributed by atoms with van der Waals surface area (Å²) >= 11 is 0. The van der Waals surface area contributed by atoms with Crippen molar-refractivity contribution in [2.24, 2.45) is 5.41 Å². The van der Waals surface area contributed by atoms with E-state index in [2.05, 4.69) is 18.7 Å². The highest BCUT2D eigenvalue weighted by Gasteiger charge is 2.27. The minimum atomic E-state index is 0.0842. The first-order chi connectivity index (χ1) is 9.53. The first-order valence-corrected chi connectivity index (χ1v) is 7.28. The Kier molecular flexibility index (Phi) is 3.38. The maximum atomic E-state index is 12.3. The fourth-order valence-electron chi connectivity index (χ4n) is 2.72. The van der Waals surface area contributed by atoms with Crippen LogP contribution in [0, 0.1) is 5.41 Å². The monoisotopic (exact) mass is 271 g/mol. The van der Waals surface area contributed by atoms with Crippen molar-refractivity contribution in [1.82, 2.24) is 4.90 Å². The van der Waals surface area contributed by atoms with Gasteiger partial charge in [0.1, 0.15) is 5.58 Å². The number of para-hydroxylation sites is 1. The van der Waals surface area contributed by atoms with Gasteiger partial charge in [0, 0.05) is 5.39 Å². The molecular formula is C17H21NO2. The molecule has 3 nitrogen and oxygen atoms in total. The summed E-state index contributed by atoms with van der Waals surface area (Å²) in [6.45, 7) is 7.06. The second-order valence-electron chi connectivity index (χ2n) is 6.51. The summed E-state index contributed by atoms with van der Waals surface area (Å²) in [5.74, 6) is 0.567. The highest BCUT2D eigenvalue weighted by molar-refractivity contribution is 5.98. The number of fused-ring (bicyclic) bond motifs is 1.